The summed E-state index contributed by atoms with van der Waals surface area (Å²) < 4.78 is 37.9. The molecule has 3 amide bonds. The normalized spacial score (nSPS) is 13.5. The van der Waals surface area contributed by atoms with E-state index in [4.69, 9.17) is 9.47 Å². The minimum atomic E-state index is -0.961. The molecule has 0 atom stereocenters. The molecule has 3 aromatic carbocycles. The molecule has 1 aliphatic heterocycles. The summed E-state index contributed by atoms with van der Waals surface area (Å²) >= 11 is 0. The van der Waals surface area contributed by atoms with Crippen molar-refractivity contribution in [3.8, 4) is 11.5 Å². The summed E-state index contributed by atoms with van der Waals surface area (Å²) in [7, 11) is 3.09. The number of amides is 3. The van der Waals surface area contributed by atoms with Crippen LogP contribution in [0.2, 0.25) is 0 Å². The molecule has 1 saturated heterocycles. The third kappa shape index (κ3) is 5.34. The predicted molar refractivity (Wildman–Crippen MR) is 128 cm³/mol. The van der Waals surface area contributed by atoms with Gasteiger partial charge in [-0.05, 0) is 54.4 Å². The van der Waals surface area contributed by atoms with E-state index < -0.39 is 17.5 Å². The SMILES string of the molecule is COc1ccc(CN2CCCN(c3cc(NC(=O)c4ccc(F)cc4F)ccc3OC)C2=O)cc1. The molecule has 1 heterocycles. The van der Waals surface area contributed by atoms with Gasteiger partial charge in [-0.25, -0.2) is 13.6 Å². The smallest absolute Gasteiger partial charge is 0.324 e. The summed E-state index contributed by atoms with van der Waals surface area (Å²) in [4.78, 5) is 29.2. The van der Waals surface area contributed by atoms with Crippen LogP contribution in [0.1, 0.15) is 22.3 Å². The van der Waals surface area contributed by atoms with Crippen LogP contribution in [0.25, 0.3) is 0 Å². The van der Waals surface area contributed by atoms with Crippen LogP contribution in [0, 0.1) is 11.6 Å². The summed E-state index contributed by atoms with van der Waals surface area (Å²) in [5.74, 6) is -1.27. The van der Waals surface area contributed by atoms with Crippen molar-refractivity contribution in [1.82, 2.24) is 4.90 Å². The Morgan fingerprint density at radius 2 is 1.74 bits per heavy atom. The molecule has 0 spiro atoms. The number of benzene rings is 3. The van der Waals surface area contributed by atoms with E-state index in [2.05, 4.69) is 5.32 Å². The largest absolute Gasteiger partial charge is 0.497 e. The van der Waals surface area contributed by atoms with Crippen molar-refractivity contribution < 1.29 is 27.8 Å². The Kier molecular flexibility index (Phi) is 7.14. The molecule has 0 radical (unpaired) electrons. The Balaban J connectivity index is 1.55. The van der Waals surface area contributed by atoms with Gasteiger partial charge in [-0.1, -0.05) is 12.1 Å². The van der Waals surface area contributed by atoms with Gasteiger partial charge in [0.1, 0.15) is 23.1 Å². The molecular formula is C26H25F2N3O4. The van der Waals surface area contributed by atoms with Gasteiger partial charge in [-0.3, -0.25) is 9.69 Å². The lowest BCUT2D eigenvalue weighted by Crippen LogP contribution is -2.49. The summed E-state index contributed by atoms with van der Waals surface area (Å²) in [6.07, 6.45) is 0.739. The second-order valence-electron chi connectivity index (χ2n) is 8.02. The number of carbonyl (C=O) groups excluding carboxylic acids is 2. The highest BCUT2D eigenvalue weighted by Crippen LogP contribution is 2.34. The molecule has 3 aromatic rings. The quantitative estimate of drug-likeness (QED) is 0.512. The third-order valence-electron chi connectivity index (χ3n) is 5.75. The van der Waals surface area contributed by atoms with Gasteiger partial charge in [-0.2, -0.15) is 0 Å². The van der Waals surface area contributed by atoms with Crippen LogP contribution in [0.4, 0.5) is 25.0 Å². The lowest BCUT2D eigenvalue weighted by atomic mass is 10.1. The van der Waals surface area contributed by atoms with Crippen LogP contribution in [0.3, 0.4) is 0 Å². The van der Waals surface area contributed by atoms with E-state index in [0.29, 0.717) is 42.8 Å². The second-order valence-corrected chi connectivity index (χ2v) is 8.02. The molecule has 0 bridgehead atoms. The lowest BCUT2D eigenvalue weighted by Gasteiger charge is -2.36. The Bertz CT molecular complexity index is 1230. The lowest BCUT2D eigenvalue weighted by molar-refractivity contribution is 0.102. The first-order valence-corrected chi connectivity index (χ1v) is 11.0. The van der Waals surface area contributed by atoms with Crippen molar-refractivity contribution >= 4 is 23.3 Å². The van der Waals surface area contributed by atoms with Crippen molar-refractivity contribution in [2.24, 2.45) is 0 Å². The number of urea groups is 1. The van der Waals surface area contributed by atoms with Gasteiger partial charge in [0.15, 0.2) is 0 Å². The molecule has 1 aliphatic rings. The van der Waals surface area contributed by atoms with Gasteiger partial charge in [-0.15, -0.1) is 0 Å². The van der Waals surface area contributed by atoms with Crippen LogP contribution in [-0.2, 0) is 6.54 Å². The van der Waals surface area contributed by atoms with Crippen LogP contribution in [0.5, 0.6) is 11.5 Å². The number of nitrogens with zero attached hydrogens (tertiary/aromatic N) is 2. The highest BCUT2D eigenvalue weighted by atomic mass is 19.1. The first kappa shape index (κ1) is 24.0. The Labute approximate surface area is 201 Å². The van der Waals surface area contributed by atoms with Crippen molar-refractivity contribution in [3.05, 3.63) is 83.4 Å². The molecule has 9 heteroatoms. The molecule has 4 rings (SSSR count). The minimum Gasteiger partial charge on any atom is -0.497 e. The summed E-state index contributed by atoms with van der Waals surface area (Å²) in [5.41, 5.74) is 1.50. The number of halogens is 2. The third-order valence-corrected chi connectivity index (χ3v) is 5.75. The van der Waals surface area contributed by atoms with E-state index in [0.717, 1.165) is 29.9 Å². The van der Waals surface area contributed by atoms with Crippen LogP contribution < -0.4 is 19.7 Å². The van der Waals surface area contributed by atoms with E-state index in [-0.39, 0.29) is 11.6 Å². The van der Waals surface area contributed by atoms with E-state index in [1.807, 2.05) is 24.3 Å². The van der Waals surface area contributed by atoms with E-state index in [9.17, 15) is 18.4 Å². The van der Waals surface area contributed by atoms with E-state index >= 15 is 0 Å². The predicted octanol–water partition coefficient (Wildman–Crippen LogP) is 5.07. The molecule has 1 fully saturated rings. The van der Waals surface area contributed by atoms with Crippen molar-refractivity contribution in [3.63, 3.8) is 0 Å². The Morgan fingerprint density at radius 1 is 0.971 bits per heavy atom. The fourth-order valence-corrected chi connectivity index (χ4v) is 3.95. The number of nitrogens with one attached hydrogen (secondary N) is 1. The first-order chi connectivity index (χ1) is 16.9. The number of ether oxygens (including phenoxy) is 2. The number of hydrogen-bond donors (Lipinski definition) is 1. The van der Waals surface area contributed by atoms with Gasteiger partial charge >= 0.3 is 6.03 Å². The summed E-state index contributed by atoms with van der Waals surface area (Å²) in [5, 5.41) is 2.61. The van der Waals surface area contributed by atoms with Gasteiger partial charge in [0.2, 0.25) is 0 Å². The molecule has 182 valence electrons. The fourth-order valence-electron chi connectivity index (χ4n) is 3.95. The number of methoxy groups -OCH3 is 2. The summed E-state index contributed by atoms with van der Waals surface area (Å²) in [6, 6.07) is 14.9. The van der Waals surface area contributed by atoms with Crippen LogP contribution in [-0.4, -0.2) is 44.1 Å². The molecule has 1 N–H and O–H groups in total. The average molecular weight is 481 g/mol. The molecule has 0 aliphatic carbocycles. The van der Waals surface area contributed by atoms with Crippen molar-refractivity contribution in [2.75, 3.05) is 37.5 Å². The molecular weight excluding hydrogens is 456 g/mol. The Hall–Kier alpha value is -4.14. The highest BCUT2D eigenvalue weighted by Gasteiger charge is 2.29. The standard InChI is InChI=1S/C26H25F2N3O4/c1-34-20-8-4-17(5-9-20)16-30-12-3-13-31(26(30)33)23-15-19(7-11-24(23)35-2)29-25(32)21-10-6-18(27)14-22(21)28/h4-11,14-15H,3,12-13,16H2,1-2H3,(H,29,32). The fraction of sp³-hybridized carbons (Fsp3) is 0.231. The first-order valence-electron chi connectivity index (χ1n) is 11.0. The molecule has 0 unspecified atom stereocenters. The summed E-state index contributed by atoms with van der Waals surface area (Å²) in [6.45, 7) is 1.50. The number of rotatable bonds is 7. The number of carbonyl (C=O) groups is 2. The van der Waals surface area contributed by atoms with Gasteiger partial charge in [0.25, 0.3) is 5.91 Å². The van der Waals surface area contributed by atoms with E-state index in [1.165, 1.54) is 7.11 Å². The minimum absolute atomic E-state index is 0.196. The van der Waals surface area contributed by atoms with Crippen molar-refractivity contribution in [1.29, 1.82) is 0 Å². The zero-order chi connectivity index (χ0) is 24.9. The van der Waals surface area contributed by atoms with Gasteiger partial charge in [0.05, 0.1) is 25.5 Å². The zero-order valence-electron chi connectivity index (χ0n) is 19.4. The van der Waals surface area contributed by atoms with Crippen molar-refractivity contribution in [2.45, 2.75) is 13.0 Å². The van der Waals surface area contributed by atoms with Gasteiger partial charge in [0, 0.05) is 31.4 Å². The zero-order valence-corrected chi connectivity index (χ0v) is 19.4. The molecule has 7 nitrogen and oxygen atoms in total. The van der Waals surface area contributed by atoms with Crippen LogP contribution in [0.15, 0.2) is 60.7 Å². The average Bonchev–Trinajstić information content (AvgIpc) is 2.85. The van der Waals surface area contributed by atoms with Gasteiger partial charge < -0.3 is 19.7 Å². The second kappa shape index (κ2) is 10.4. The van der Waals surface area contributed by atoms with E-state index in [1.54, 1.807) is 35.1 Å². The van der Waals surface area contributed by atoms with Crippen LogP contribution >= 0.6 is 0 Å². The maximum Gasteiger partial charge on any atom is 0.324 e. The molecule has 0 aromatic heterocycles. The molecule has 0 saturated carbocycles. The monoisotopic (exact) mass is 481 g/mol. The highest BCUT2D eigenvalue weighted by molar-refractivity contribution is 6.05. The number of anilines is 2. The topological polar surface area (TPSA) is 71.1 Å². The number of hydrogen-bond acceptors (Lipinski definition) is 4. The maximum atomic E-state index is 14.0. The molecule has 35 heavy (non-hydrogen) atoms. The maximum absolute atomic E-state index is 14.0. The Morgan fingerprint density at radius 3 is 2.43 bits per heavy atom.